The zero-order chi connectivity index (χ0) is 7.90. The fourth-order valence-electron chi connectivity index (χ4n) is 0.898. The van der Waals surface area contributed by atoms with Crippen LogP contribution in [0.4, 0.5) is 0 Å². The zero-order valence-electron chi connectivity index (χ0n) is 5.70. The topological polar surface area (TPSA) is 52.6 Å². The monoisotopic (exact) mass is 154 g/mol. The van der Waals surface area contributed by atoms with Gasteiger partial charge in [-0.25, -0.2) is 9.59 Å². The molecule has 11 heavy (non-hydrogen) atoms. The SMILES string of the molecule is O=C1C=CC(=O)OC2(CC2)O1. The second-order valence-electron chi connectivity index (χ2n) is 2.59. The quantitative estimate of drug-likeness (QED) is 0.465. The van der Waals surface area contributed by atoms with Crippen LogP contribution in [-0.4, -0.2) is 17.7 Å². The van der Waals surface area contributed by atoms with Gasteiger partial charge >= 0.3 is 11.9 Å². The molecule has 0 amide bonds. The van der Waals surface area contributed by atoms with E-state index in [0.717, 1.165) is 12.2 Å². The standard InChI is InChI=1S/C7H6O4/c8-5-1-2-6(9)11-7(10-5)3-4-7/h1-2H,3-4H2. The molecule has 2 rings (SSSR count). The van der Waals surface area contributed by atoms with E-state index >= 15 is 0 Å². The molecule has 0 atom stereocenters. The molecule has 1 aliphatic heterocycles. The van der Waals surface area contributed by atoms with Crippen molar-refractivity contribution in [1.29, 1.82) is 0 Å². The molecule has 2 aliphatic rings. The van der Waals surface area contributed by atoms with Crippen LogP contribution in [0.15, 0.2) is 12.2 Å². The van der Waals surface area contributed by atoms with Crippen LogP contribution in [0.5, 0.6) is 0 Å². The van der Waals surface area contributed by atoms with E-state index in [2.05, 4.69) is 0 Å². The van der Waals surface area contributed by atoms with Gasteiger partial charge in [0.2, 0.25) is 0 Å². The van der Waals surface area contributed by atoms with Gasteiger partial charge in [0, 0.05) is 25.0 Å². The summed E-state index contributed by atoms with van der Waals surface area (Å²) in [7, 11) is 0. The molecule has 0 aromatic heterocycles. The Morgan fingerprint density at radius 3 is 1.91 bits per heavy atom. The largest absolute Gasteiger partial charge is 0.419 e. The third kappa shape index (κ3) is 1.11. The highest BCUT2D eigenvalue weighted by molar-refractivity contribution is 5.93. The molecule has 4 nitrogen and oxygen atoms in total. The van der Waals surface area contributed by atoms with Crippen LogP contribution < -0.4 is 0 Å². The van der Waals surface area contributed by atoms with E-state index in [1.165, 1.54) is 0 Å². The van der Waals surface area contributed by atoms with Gasteiger partial charge in [-0.05, 0) is 0 Å². The Balaban J connectivity index is 2.21. The highest BCUT2D eigenvalue weighted by atomic mass is 16.7. The predicted molar refractivity (Wildman–Crippen MR) is 33.3 cm³/mol. The van der Waals surface area contributed by atoms with Crippen LogP contribution in [0.25, 0.3) is 0 Å². The minimum atomic E-state index is -0.905. The van der Waals surface area contributed by atoms with E-state index in [1.807, 2.05) is 0 Å². The first-order valence-corrected chi connectivity index (χ1v) is 3.34. The van der Waals surface area contributed by atoms with Crippen LogP contribution in [0, 0.1) is 0 Å². The van der Waals surface area contributed by atoms with Crippen LogP contribution in [0.3, 0.4) is 0 Å². The minimum absolute atomic E-state index is 0.506. The second kappa shape index (κ2) is 1.84. The number of hydrogen-bond donors (Lipinski definition) is 0. The molecule has 0 aromatic carbocycles. The van der Waals surface area contributed by atoms with Gasteiger partial charge in [0.1, 0.15) is 0 Å². The third-order valence-electron chi connectivity index (χ3n) is 1.59. The van der Waals surface area contributed by atoms with Crippen molar-refractivity contribution in [3.8, 4) is 0 Å². The van der Waals surface area contributed by atoms with Crippen molar-refractivity contribution < 1.29 is 19.1 Å². The van der Waals surface area contributed by atoms with E-state index in [0.29, 0.717) is 12.8 Å². The van der Waals surface area contributed by atoms with Crippen LogP contribution >= 0.6 is 0 Å². The number of carbonyl (C=O) groups is 2. The Kier molecular flexibility index (Phi) is 1.07. The van der Waals surface area contributed by atoms with Gasteiger partial charge in [-0.3, -0.25) is 0 Å². The van der Waals surface area contributed by atoms with Crippen LogP contribution in [-0.2, 0) is 19.1 Å². The van der Waals surface area contributed by atoms with E-state index in [9.17, 15) is 9.59 Å². The minimum Gasteiger partial charge on any atom is -0.419 e. The van der Waals surface area contributed by atoms with Gasteiger partial charge in [-0.1, -0.05) is 0 Å². The Morgan fingerprint density at radius 2 is 1.55 bits per heavy atom. The Bertz CT molecular complexity index is 227. The van der Waals surface area contributed by atoms with Crippen molar-refractivity contribution in [2.24, 2.45) is 0 Å². The number of rotatable bonds is 0. The number of ether oxygens (including phenoxy) is 2. The first kappa shape index (κ1) is 6.39. The molecule has 1 fully saturated rings. The summed E-state index contributed by atoms with van der Waals surface area (Å²) in [5.74, 6) is -1.92. The lowest BCUT2D eigenvalue weighted by Gasteiger charge is -2.11. The first-order chi connectivity index (χ1) is 5.20. The molecule has 0 saturated heterocycles. The molecule has 1 aliphatic carbocycles. The first-order valence-electron chi connectivity index (χ1n) is 3.34. The normalized spacial score (nSPS) is 25.8. The van der Waals surface area contributed by atoms with E-state index < -0.39 is 17.7 Å². The van der Waals surface area contributed by atoms with Gasteiger partial charge in [0.05, 0.1) is 0 Å². The molecule has 58 valence electrons. The molecule has 1 saturated carbocycles. The van der Waals surface area contributed by atoms with Gasteiger partial charge in [0.25, 0.3) is 5.79 Å². The van der Waals surface area contributed by atoms with Crippen molar-refractivity contribution in [3.63, 3.8) is 0 Å². The maximum absolute atomic E-state index is 10.7. The smallest absolute Gasteiger partial charge is 0.334 e. The average molecular weight is 154 g/mol. The summed E-state index contributed by atoms with van der Waals surface area (Å²) in [5.41, 5.74) is 0. The van der Waals surface area contributed by atoms with Crippen molar-refractivity contribution in [2.75, 3.05) is 0 Å². The lowest BCUT2D eigenvalue weighted by molar-refractivity contribution is -0.186. The van der Waals surface area contributed by atoms with Gasteiger partial charge < -0.3 is 9.47 Å². The molecule has 1 heterocycles. The summed E-state index contributed by atoms with van der Waals surface area (Å²) in [6.45, 7) is 0. The van der Waals surface area contributed by atoms with E-state index in [-0.39, 0.29) is 0 Å². The number of carbonyl (C=O) groups excluding carboxylic acids is 2. The van der Waals surface area contributed by atoms with Gasteiger partial charge in [-0.2, -0.15) is 0 Å². The molecule has 1 spiro atoms. The second-order valence-corrected chi connectivity index (χ2v) is 2.59. The molecule has 0 N–H and O–H groups in total. The fourth-order valence-corrected chi connectivity index (χ4v) is 0.898. The average Bonchev–Trinajstić information content (AvgIpc) is 2.66. The lowest BCUT2D eigenvalue weighted by atomic mass is 10.5. The Morgan fingerprint density at radius 1 is 1.09 bits per heavy atom. The molecule has 0 bridgehead atoms. The zero-order valence-corrected chi connectivity index (χ0v) is 5.70. The van der Waals surface area contributed by atoms with Crippen LogP contribution in [0.2, 0.25) is 0 Å². The highest BCUT2D eigenvalue weighted by Crippen LogP contribution is 2.41. The van der Waals surface area contributed by atoms with Crippen molar-refractivity contribution in [1.82, 2.24) is 0 Å². The Hall–Kier alpha value is -1.32. The summed E-state index contributed by atoms with van der Waals surface area (Å²) < 4.78 is 9.62. The Labute approximate surface area is 62.8 Å². The molecule has 0 radical (unpaired) electrons. The fraction of sp³-hybridized carbons (Fsp3) is 0.429. The lowest BCUT2D eigenvalue weighted by Crippen LogP contribution is -2.21. The van der Waals surface area contributed by atoms with Crippen molar-refractivity contribution in [3.05, 3.63) is 12.2 Å². The summed E-state index contributed by atoms with van der Waals surface area (Å²) >= 11 is 0. The maximum Gasteiger partial charge on any atom is 0.334 e. The van der Waals surface area contributed by atoms with Gasteiger partial charge in [0.15, 0.2) is 0 Å². The summed E-state index contributed by atoms with van der Waals surface area (Å²) in [6, 6.07) is 0. The third-order valence-corrected chi connectivity index (χ3v) is 1.59. The predicted octanol–water partition coefficient (Wildman–Crippen LogP) is 0.133. The molecular formula is C7H6O4. The van der Waals surface area contributed by atoms with Crippen molar-refractivity contribution in [2.45, 2.75) is 18.6 Å². The summed E-state index contributed by atoms with van der Waals surface area (Å²) in [6.07, 6.45) is 3.39. The summed E-state index contributed by atoms with van der Waals surface area (Å²) in [5, 5.41) is 0. The molecule has 0 aromatic rings. The molecule has 4 heteroatoms. The van der Waals surface area contributed by atoms with Crippen molar-refractivity contribution >= 4 is 11.9 Å². The van der Waals surface area contributed by atoms with Gasteiger partial charge in [-0.15, -0.1) is 0 Å². The highest BCUT2D eigenvalue weighted by Gasteiger charge is 2.51. The number of hydrogen-bond acceptors (Lipinski definition) is 4. The number of esters is 2. The molecular weight excluding hydrogens is 148 g/mol. The van der Waals surface area contributed by atoms with E-state index in [1.54, 1.807) is 0 Å². The maximum atomic E-state index is 10.7. The van der Waals surface area contributed by atoms with Crippen LogP contribution in [0.1, 0.15) is 12.8 Å². The summed E-state index contributed by atoms with van der Waals surface area (Å²) in [4.78, 5) is 21.5. The van der Waals surface area contributed by atoms with E-state index in [4.69, 9.17) is 9.47 Å². The molecule has 0 unspecified atom stereocenters.